The SMILES string of the molecule is CCC(O)Oc1ccc2c(CO)cc(=O)oc2c1. The van der Waals surface area contributed by atoms with Crippen molar-refractivity contribution in [2.75, 3.05) is 0 Å². The van der Waals surface area contributed by atoms with Crippen molar-refractivity contribution >= 4 is 11.0 Å². The van der Waals surface area contributed by atoms with E-state index in [-0.39, 0.29) is 6.61 Å². The van der Waals surface area contributed by atoms with Gasteiger partial charge in [0, 0.05) is 23.9 Å². The summed E-state index contributed by atoms with van der Waals surface area (Å²) in [4.78, 5) is 11.3. The third kappa shape index (κ3) is 2.52. The van der Waals surface area contributed by atoms with Crippen molar-refractivity contribution in [1.29, 1.82) is 0 Å². The van der Waals surface area contributed by atoms with Crippen molar-refractivity contribution in [2.45, 2.75) is 26.2 Å². The van der Waals surface area contributed by atoms with Crippen LogP contribution in [0.2, 0.25) is 0 Å². The van der Waals surface area contributed by atoms with Gasteiger partial charge in [-0.15, -0.1) is 0 Å². The quantitative estimate of drug-likeness (QED) is 0.633. The van der Waals surface area contributed by atoms with Crippen molar-refractivity contribution in [3.05, 3.63) is 40.2 Å². The number of hydrogen-bond acceptors (Lipinski definition) is 5. The van der Waals surface area contributed by atoms with Crippen LogP contribution in [0, 0.1) is 0 Å². The minimum atomic E-state index is -0.893. The number of fused-ring (bicyclic) bond motifs is 1. The maximum atomic E-state index is 11.3. The predicted octanol–water partition coefficient (Wildman–Crippen LogP) is 1.39. The Morgan fingerprint density at radius 1 is 1.39 bits per heavy atom. The molecule has 96 valence electrons. The normalized spacial score (nSPS) is 12.6. The van der Waals surface area contributed by atoms with Gasteiger partial charge in [-0.25, -0.2) is 4.79 Å². The summed E-state index contributed by atoms with van der Waals surface area (Å²) in [5, 5.41) is 19.2. The van der Waals surface area contributed by atoms with E-state index in [1.807, 2.05) is 0 Å². The molecule has 0 aliphatic heterocycles. The van der Waals surface area contributed by atoms with Crippen molar-refractivity contribution in [2.24, 2.45) is 0 Å². The summed E-state index contributed by atoms with van der Waals surface area (Å²) in [6.45, 7) is 1.55. The number of aliphatic hydroxyl groups is 2. The van der Waals surface area contributed by atoms with E-state index < -0.39 is 11.9 Å². The minimum Gasteiger partial charge on any atom is -0.465 e. The molecule has 1 aromatic heterocycles. The molecule has 2 N–H and O–H groups in total. The molecule has 5 heteroatoms. The lowest BCUT2D eigenvalue weighted by molar-refractivity contribution is -0.0190. The Kier molecular flexibility index (Phi) is 3.64. The molecule has 5 nitrogen and oxygen atoms in total. The highest BCUT2D eigenvalue weighted by molar-refractivity contribution is 5.81. The average molecular weight is 250 g/mol. The molecule has 0 radical (unpaired) electrons. The van der Waals surface area contributed by atoms with Gasteiger partial charge in [0.15, 0.2) is 6.29 Å². The molecule has 0 saturated heterocycles. The first-order chi connectivity index (χ1) is 8.63. The van der Waals surface area contributed by atoms with Gasteiger partial charge in [-0.3, -0.25) is 0 Å². The number of rotatable bonds is 4. The van der Waals surface area contributed by atoms with Crippen molar-refractivity contribution in [3.63, 3.8) is 0 Å². The lowest BCUT2D eigenvalue weighted by Crippen LogP contribution is -2.13. The van der Waals surface area contributed by atoms with Crippen LogP contribution >= 0.6 is 0 Å². The Morgan fingerprint density at radius 3 is 2.83 bits per heavy atom. The van der Waals surface area contributed by atoms with Crippen LogP contribution < -0.4 is 10.4 Å². The van der Waals surface area contributed by atoms with Gasteiger partial charge in [0.05, 0.1) is 6.61 Å². The van der Waals surface area contributed by atoms with E-state index in [2.05, 4.69) is 0 Å². The zero-order chi connectivity index (χ0) is 13.1. The van der Waals surface area contributed by atoms with E-state index in [1.54, 1.807) is 19.1 Å². The second-order valence-corrected chi connectivity index (χ2v) is 3.89. The van der Waals surface area contributed by atoms with Crippen molar-refractivity contribution < 1.29 is 19.4 Å². The maximum Gasteiger partial charge on any atom is 0.336 e. The van der Waals surface area contributed by atoms with Gasteiger partial charge in [0.1, 0.15) is 11.3 Å². The number of hydrogen-bond donors (Lipinski definition) is 2. The Balaban J connectivity index is 2.48. The second kappa shape index (κ2) is 5.20. The van der Waals surface area contributed by atoms with E-state index in [0.717, 1.165) is 0 Å². The lowest BCUT2D eigenvalue weighted by Gasteiger charge is -2.11. The fourth-order valence-corrected chi connectivity index (χ4v) is 1.65. The highest BCUT2D eigenvalue weighted by atomic mass is 16.6. The van der Waals surface area contributed by atoms with Crippen LogP contribution in [-0.4, -0.2) is 16.5 Å². The average Bonchev–Trinajstić information content (AvgIpc) is 2.37. The highest BCUT2D eigenvalue weighted by Gasteiger charge is 2.08. The molecule has 2 rings (SSSR count). The zero-order valence-corrected chi connectivity index (χ0v) is 9.92. The van der Waals surface area contributed by atoms with E-state index in [4.69, 9.17) is 14.3 Å². The van der Waals surface area contributed by atoms with Crippen LogP contribution in [0.15, 0.2) is 33.5 Å². The van der Waals surface area contributed by atoms with Gasteiger partial charge < -0.3 is 19.4 Å². The summed E-state index contributed by atoms with van der Waals surface area (Å²) in [6, 6.07) is 6.11. The van der Waals surface area contributed by atoms with Gasteiger partial charge in [0.25, 0.3) is 0 Å². The Bertz CT molecular complexity index is 602. The predicted molar refractivity (Wildman–Crippen MR) is 65.3 cm³/mol. The van der Waals surface area contributed by atoms with E-state index in [9.17, 15) is 9.90 Å². The fourth-order valence-electron chi connectivity index (χ4n) is 1.65. The summed E-state index contributed by atoms with van der Waals surface area (Å²) in [5.41, 5.74) is 0.302. The van der Waals surface area contributed by atoms with Crippen LogP contribution in [0.4, 0.5) is 0 Å². The molecular weight excluding hydrogens is 236 g/mol. The third-order valence-electron chi connectivity index (χ3n) is 2.59. The smallest absolute Gasteiger partial charge is 0.336 e. The molecule has 18 heavy (non-hydrogen) atoms. The minimum absolute atomic E-state index is 0.236. The van der Waals surface area contributed by atoms with Crippen molar-refractivity contribution in [1.82, 2.24) is 0 Å². The molecule has 1 atom stereocenters. The first-order valence-corrected chi connectivity index (χ1v) is 5.66. The number of benzene rings is 1. The Morgan fingerprint density at radius 2 is 2.17 bits per heavy atom. The summed E-state index contributed by atoms with van der Waals surface area (Å²) >= 11 is 0. The number of aliphatic hydroxyl groups excluding tert-OH is 2. The fraction of sp³-hybridized carbons (Fsp3) is 0.308. The topological polar surface area (TPSA) is 79.9 Å². The van der Waals surface area contributed by atoms with Crippen LogP contribution in [0.3, 0.4) is 0 Å². The van der Waals surface area contributed by atoms with Gasteiger partial charge in [-0.1, -0.05) is 6.92 Å². The molecule has 1 aromatic carbocycles. The largest absolute Gasteiger partial charge is 0.465 e. The number of ether oxygens (including phenoxy) is 1. The third-order valence-corrected chi connectivity index (χ3v) is 2.59. The molecule has 0 fully saturated rings. The maximum absolute atomic E-state index is 11.3. The monoisotopic (exact) mass is 250 g/mol. The molecular formula is C13H14O5. The van der Waals surface area contributed by atoms with Crippen molar-refractivity contribution in [3.8, 4) is 5.75 Å². The van der Waals surface area contributed by atoms with Gasteiger partial charge in [0.2, 0.25) is 0 Å². The molecule has 0 aliphatic carbocycles. The summed E-state index contributed by atoms with van der Waals surface area (Å²) < 4.78 is 10.2. The van der Waals surface area contributed by atoms with E-state index in [1.165, 1.54) is 12.1 Å². The lowest BCUT2D eigenvalue weighted by atomic mass is 10.1. The molecule has 0 saturated carbocycles. The van der Waals surface area contributed by atoms with E-state index >= 15 is 0 Å². The van der Waals surface area contributed by atoms with Crippen LogP contribution in [-0.2, 0) is 6.61 Å². The first-order valence-electron chi connectivity index (χ1n) is 5.66. The molecule has 0 aliphatic rings. The van der Waals surface area contributed by atoms with Crippen LogP contribution in [0.25, 0.3) is 11.0 Å². The summed E-state index contributed by atoms with van der Waals surface area (Å²) in [6.07, 6.45) is -0.436. The van der Waals surface area contributed by atoms with Gasteiger partial charge >= 0.3 is 5.63 Å². The molecule has 0 amide bonds. The molecule has 0 bridgehead atoms. The van der Waals surface area contributed by atoms with Gasteiger partial charge in [-0.05, 0) is 17.7 Å². The molecule has 0 spiro atoms. The standard InChI is InChI=1S/C13H14O5/c1-2-12(15)17-9-3-4-10-8(7-14)5-13(16)18-11(10)6-9/h3-6,12,14-15H,2,7H2,1H3. The molecule has 1 unspecified atom stereocenters. The Hall–Kier alpha value is -1.85. The molecule has 2 aromatic rings. The molecule has 1 heterocycles. The van der Waals surface area contributed by atoms with Crippen LogP contribution in [0.5, 0.6) is 5.75 Å². The summed E-state index contributed by atoms with van der Waals surface area (Å²) in [5.74, 6) is 0.412. The summed E-state index contributed by atoms with van der Waals surface area (Å²) in [7, 11) is 0. The second-order valence-electron chi connectivity index (χ2n) is 3.89. The first kappa shape index (κ1) is 12.6. The van der Waals surface area contributed by atoms with Gasteiger partial charge in [-0.2, -0.15) is 0 Å². The Labute approximate surface area is 103 Å². The zero-order valence-electron chi connectivity index (χ0n) is 9.92. The van der Waals surface area contributed by atoms with Crippen LogP contribution in [0.1, 0.15) is 18.9 Å². The van der Waals surface area contributed by atoms with E-state index in [0.29, 0.717) is 28.7 Å². The highest BCUT2D eigenvalue weighted by Crippen LogP contribution is 2.23.